The van der Waals surface area contributed by atoms with Gasteiger partial charge in [0.25, 0.3) is 0 Å². The summed E-state index contributed by atoms with van der Waals surface area (Å²) in [5.41, 5.74) is 10.9. The standard InChI is InChI=1S/C11H15FN2O2S/c12-10-3-2-8(11(14)15)6-9(10)7-17(16)5-1-4-13/h2-3,6H,1,4-5,7,13H2,(H2,14,15). The molecule has 0 radical (unpaired) electrons. The molecular weight excluding hydrogens is 243 g/mol. The van der Waals surface area contributed by atoms with E-state index in [-0.39, 0.29) is 16.9 Å². The molecule has 0 aliphatic carbocycles. The van der Waals surface area contributed by atoms with Crippen molar-refractivity contribution in [1.29, 1.82) is 0 Å². The first-order valence-corrected chi connectivity index (χ1v) is 6.66. The van der Waals surface area contributed by atoms with Crippen LogP contribution in [0.5, 0.6) is 0 Å². The van der Waals surface area contributed by atoms with Gasteiger partial charge in [-0.1, -0.05) is 0 Å². The van der Waals surface area contributed by atoms with E-state index in [1.54, 1.807) is 0 Å². The van der Waals surface area contributed by atoms with Crippen LogP contribution in [0, 0.1) is 5.82 Å². The van der Waals surface area contributed by atoms with E-state index in [1.165, 1.54) is 12.1 Å². The Morgan fingerprint density at radius 2 is 2.12 bits per heavy atom. The number of hydrogen-bond acceptors (Lipinski definition) is 3. The minimum absolute atomic E-state index is 0.0763. The lowest BCUT2D eigenvalue weighted by Crippen LogP contribution is -2.13. The van der Waals surface area contributed by atoms with Crippen molar-refractivity contribution in [3.63, 3.8) is 0 Å². The fourth-order valence-corrected chi connectivity index (χ4v) is 2.53. The summed E-state index contributed by atoms with van der Waals surface area (Å²) in [5.74, 6) is -0.598. The van der Waals surface area contributed by atoms with Crippen LogP contribution in [0.15, 0.2) is 18.2 Å². The SMILES string of the molecule is NCCCS(=O)Cc1cc(C(N)=O)ccc1F. The lowest BCUT2D eigenvalue weighted by Gasteiger charge is -2.05. The molecule has 1 amide bonds. The Balaban J connectivity index is 2.79. The fraction of sp³-hybridized carbons (Fsp3) is 0.364. The molecule has 0 saturated heterocycles. The molecule has 4 nitrogen and oxygen atoms in total. The molecule has 0 aromatic heterocycles. The van der Waals surface area contributed by atoms with Crippen LogP contribution in [0.2, 0.25) is 0 Å². The monoisotopic (exact) mass is 258 g/mol. The number of hydrogen-bond donors (Lipinski definition) is 2. The van der Waals surface area contributed by atoms with E-state index in [1.807, 2.05) is 0 Å². The maximum absolute atomic E-state index is 13.4. The largest absolute Gasteiger partial charge is 0.366 e. The highest BCUT2D eigenvalue weighted by Crippen LogP contribution is 2.13. The highest BCUT2D eigenvalue weighted by molar-refractivity contribution is 7.84. The van der Waals surface area contributed by atoms with E-state index in [9.17, 15) is 13.4 Å². The predicted molar refractivity (Wildman–Crippen MR) is 65.3 cm³/mol. The van der Waals surface area contributed by atoms with Crippen LogP contribution in [-0.2, 0) is 16.6 Å². The summed E-state index contributed by atoms with van der Waals surface area (Å²) in [5, 5.41) is 0. The van der Waals surface area contributed by atoms with Crippen LogP contribution >= 0.6 is 0 Å². The molecule has 0 spiro atoms. The van der Waals surface area contributed by atoms with Gasteiger partial charge in [0.15, 0.2) is 0 Å². The van der Waals surface area contributed by atoms with Gasteiger partial charge in [-0.3, -0.25) is 9.00 Å². The second kappa shape index (κ2) is 6.46. The topological polar surface area (TPSA) is 86.2 Å². The highest BCUT2D eigenvalue weighted by atomic mass is 32.2. The van der Waals surface area contributed by atoms with E-state index in [2.05, 4.69) is 0 Å². The van der Waals surface area contributed by atoms with Crippen molar-refractivity contribution >= 4 is 16.7 Å². The van der Waals surface area contributed by atoms with Crippen molar-refractivity contribution in [2.24, 2.45) is 11.5 Å². The number of halogens is 1. The zero-order valence-electron chi connectivity index (χ0n) is 9.32. The van der Waals surface area contributed by atoms with Crippen molar-refractivity contribution in [1.82, 2.24) is 0 Å². The molecule has 0 fully saturated rings. The molecule has 6 heteroatoms. The summed E-state index contributed by atoms with van der Waals surface area (Å²) < 4.78 is 25.0. The Kier molecular flexibility index (Phi) is 5.24. The van der Waals surface area contributed by atoms with Gasteiger partial charge >= 0.3 is 0 Å². The first kappa shape index (κ1) is 13.8. The number of carbonyl (C=O) groups is 1. The fourth-order valence-electron chi connectivity index (χ4n) is 1.33. The molecule has 1 aromatic rings. The minimum Gasteiger partial charge on any atom is -0.366 e. The Morgan fingerprint density at radius 3 is 2.71 bits per heavy atom. The zero-order valence-corrected chi connectivity index (χ0v) is 10.1. The van der Waals surface area contributed by atoms with Gasteiger partial charge in [0, 0.05) is 27.7 Å². The van der Waals surface area contributed by atoms with E-state index in [0.717, 1.165) is 6.07 Å². The summed E-state index contributed by atoms with van der Waals surface area (Å²) in [6, 6.07) is 3.82. The van der Waals surface area contributed by atoms with Crippen molar-refractivity contribution in [2.75, 3.05) is 12.3 Å². The van der Waals surface area contributed by atoms with E-state index in [0.29, 0.717) is 18.7 Å². The molecule has 0 aliphatic heterocycles. The molecule has 1 atom stereocenters. The minimum atomic E-state index is -1.17. The maximum atomic E-state index is 13.4. The first-order chi connectivity index (χ1) is 8.04. The van der Waals surface area contributed by atoms with Gasteiger partial charge in [-0.25, -0.2) is 4.39 Å². The average molecular weight is 258 g/mol. The molecular formula is C11H15FN2O2S. The smallest absolute Gasteiger partial charge is 0.248 e. The molecule has 0 saturated carbocycles. The predicted octanol–water partition coefficient (Wildman–Crippen LogP) is 0.522. The number of rotatable bonds is 6. The number of nitrogens with two attached hydrogens (primary N) is 2. The number of benzene rings is 1. The second-order valence-corrected chi connectivity index (χ2v) is 5.18. The summed E-state index contributed by atoms with van der Waals surface area (Å²) in [7, 11) is -1.17. The van der Waals surface area contributed by atoms with Crippen molar-refractivity contribution < 1.29 is 13.4 Å². The Labute approximate surface area is 102 Å². The Bertz CT molecular complexity index is 437. The summed E-state index contributed by atoms with van der Waals surface area (Å²) >= 11 is 0. The van der Waals surface area contributed by atoms with Crippen LogP contribution in [0.25, 0.3) is 0 Å². The van der Waals surface area contributed by atoms with E-state index < -0.39 is 22.5 Å². The number of primary amides is 1. The highest BCUT2D eigenvalue weighted by Gasteiger charge is 2.10. The third-order valence-electron chi connectivity index (χ3n) is 2.22. The van der Waals surface area contributed by atoms with Gasteiger partial charge in [0.05, 0.1) is 5.75 Å². The molecule has 17 heavy (non-hydrogen) atoms. The van der Waals surface area contributed by atoms with Crippen molar-refractivity contribution in [2.45, 2.75) is 12.2 Å². The summed E-state index contributed by atoms with van der Waals surface area (Å²) in [6.45, 7) is 0.454. The molecule has 1 rings (SSSR count). The van der Waals surface area contributed by atoms with Crippen LogP contribution in [-0.4, -0.2) is 22.4 Å². The molecule has 94 valence electrons. The number of carbonyl (C=O) groups excluding carboxylic acids is 1. The zero-order chi connectivity index (χ0) is 12.8. The molecule has 0 heterocycles. The van der Waals surface area contributed by atoms with E-state index in [4.69, 9.17) is 11.5 Å². The normalized spacial score (nSPS) is 12.4. The van der Waals surface area contributed by atoms with Gasteiger partial charge in [-0.2, -0.15) is 0 Å². The van der Waals surface area contributed by atoms with Crippen molar-refractivity contribution in [3.8, 4) is 0 Å². The van der Waals surface area contributed by atoms with Gasteiger partial charge in [0.1, 0.15) is 5.82 Å². The van der Waals surface area contributed by atoms with Crippen LogP contribution in [0.3, 0.4) is 0 Å². The van der Waals surface area contributed by atoms with Crippen molar-refractivity contribution in [3.05, 3.63) is 35.1 Å². The Morgan fingerprint density at radius 1 is 1.41 bits per heavy atom. The van der Waals surface area contributed by atoms with Gasteiger partial charge in [0.2, 0.25) is 5.91 Å². The molecule has 4 N–H and O–H groups in total. The molecule has 0 aliphatic rings. The van der Waals surface area contributed by atoms with Crippen LogP contribution in [0.4, 0.5) is 4.39 Å². The summed E-state index contributed by atoms with van der Waals surface area (Å²) in [6.07, 6.45) is 0.629. The van der Waals surface area contributed by atoms with E-state index >= 15 is 0 Å². The Hall–Kier alpha value is -1.27. The molecule has 1 aromatic carbocycles. The summed E-state index contributed by atoms with van der Waals surface area (Å²) in [4.78, 5) is 10.9. The second-order valence-electron chi connectivity index (χ2n) is 3.60. The van der Waals surface area contributed by atoms with Gasteiger partial charge in [-0.05, 0) is 31.2 Å². The quantitative estimate of drug-likeness (QED) is 0.780. The number of amides is 1. The van der Waals surface area contributed by atoms with Crippen LogP contribution in [0.1, 0.15) is 22.3 Å². The molecule has 0 bridgehead atoms. The maximum Gasteiger partial charge on any atom is 0.248 e. The first-order valence-electron chi connectivity index (χ1n) is 5.18. The third-order valence-corrected chi connectivity index (χ3v) is 3.60. The lowest BCUT2D eigenvalue weighted by molar-refractivity contribution is 0.1000. The van der Waals surface area contributed by atoms with Gasteiger partial charge < -0.3 is 11.5 Å². The van der Waals surface area contributed by atoms with Gasteiger partial charge in [-0.15, -0.1) is 0 Å². The third kappa shape index (κ3) is 4.24. The molecule has 1 unspecified atom stereocenters. The average Bonchev–Trinajstić information content (AvgIpc) is 2.29. The lowest BCUT2D eigenvalue weighted by atomic mass is 10.1. The van der Waals surface area contributed by atoms with Crippen LogP contribution < -0.4 is 11.5 Å².